The summed E-state index contributed by atoms with van der Waals surface area (Å²) in [7, 11) is 0. The smallest absolute Gasteiger partial charge is 0.243 e. The number of nitrogens with zero attached hydrogens (tertiary/aromatic N) is 3. The van der Waals surface area contributed by atoms with Gasteiger partial charge >= 0.3 is 0 Å². The van der Waals surface area contributed by atoms with E-state index in [9.17, 15) is 0 Å². The zero-order valence-corrected chi connectivity index (χ0v) is 12.1. The molecule has 0 radical (unpaired) electrons. The van der Waals surface area contributed by atoms with Crippen molar-refractivity contribution in [1.82, 2.24) is 14.6 Å². The van der Waals surface area contributed by atoms with Crippen molar-refractivity contribution in [2.24, 2.45) is 5.92 Å². The molecule has 1 N–H and O–H groups in total. The number of fused-ring (bicyclic) bond motifs is 1. The number of nitrogens with one attached hydrogen (secondary N) is 1. The van der Waals surface area contributed by atoms with Crippen LogP contribution in [0.2, 0.25) is 0 Å². The Morgan fingerprint density at radius 3 is 2.79 bits per heavy atom. The fourth-order valence-corrected chi connectivity index (χ4v) is 1.91. The van der Waals surface area contributed by atoms with Crippen molar-refractivity contribution in [2.75, 3.05) is 18.5 Å². The van der Waals surface area contributed by atoms with Gasteiger partial charge in [0, 0.05) is 12.3 Å². The third kappa shape index (κ3) is 3.23. The third-order valence-electron chi connectivity index (χ3n) is 3.17. The van der Waals surface area contributed by atoms with Gasteiger partial charge in [-0.2, -0.15) is 4.98 Å². The molecule has 2 rings (SSSR count). The topological polar surface area (TPSA) is 51.5 Å². The van der Waals surface area contributed by atoms with Crippen LogP contribution in [-0.2, 0) is 4.74 Å². The highest BCUT2D eigenvalue weighted by Crippen LogP contribution is 2.12. The van der Waals surface area contributed by atoms with Crippen molar-refractivity contribution < 1.29 is 4.74 Å². The summed E-state index contributed by atoms with van der Waals surface area (Å²) < 4.78 is 7.35. The van der Waals surface area contributed by atoms with Crippen molar-refractivity contribution in [1.29, 1.82) is 0 Å². The Kier molecular flexibility index (Phi) is 4.37. The van der Waals surface area contributed by atoms with E-state index in [4.69, 9.17) is 4.74 Å². The van der Waals surface area contributed by atoms with Crippen molar-refractivity contribution in [3.8, 4) is 0 Å². The van der Waals surface area contributed by atoms with Crippen LogP contribution < -0.4 is 5.32 Å². The summed E-state index contributed by atoms with van der Waals surface area (Å²) in [6, 6.07) is 6.19. The van der Waals surface area contributed by atoms with Gasteiger partial charge in [-0.3, -0.25) is 0 Å². The van der Waals surface area contributed by atoms with Crippen LogP contribution in [0.3, 0.4) is 0 Å². The van der Waals surface area contributed by atoms with Crippen LogP contribution in [0.25, 0.3) is 5.65 Å². The van der Waals surface area contributed by atoms with Crippen molar-refractivity contribution in [3.63, 3.8) is 0 Å². The standard InChI is InChI=1S/C14H22N4O/c1-5-19-9-12(10(2)3)15-14-16-13-8-6-7-11(4)18(13)17-14/h6-8,10,12H,5,9H2,1-4H3,(H,15,17). The second-order valence-electron chi connectivity index (χ2n) is 5.03. The van der Waals surface area contributed by atoms with E-state index in [1.807, 2.05) is 36.6 Å². The highest BCUT2D eigenvalue weighted by Gasteiger charge is 2.15. The van der Waals surface area contributed by atoms with Crippen molar-refractivity contribution >= 4 is 11.6 Å². The maximum atomic E-state index is 5.50. The summed E-state index contributed by atoms with van der Waals surface area (Å²) in [5.41, 5.74) is 1.94. The third-order valence-corrected chi connectivity index (χ3v) is 3.17. The lowest BCUT2D eigenvalue weighted by Gasteiger charge is -2.21. The highest BCUT2D eigenvalue weighted by molar-refractivity contribution is 5.44. The number of ether oxygens (including phenoxy) is 1. The maximum Gasteiger partial charge on any atom is 0.243 e. The van der Waals surface area contributed by atoms with E-state index in [1.54, 1.807) is 0 Å². The van der Waals surface area contributed by atoms with E-state index in [0.717, 1.165) is 17.9 Å². The fraction of sp³-hybridized carbons (Fsp3) is 0.571. The molecule has 104 valence electrons. The van der Waals surface area contributed by atoms with E-state index in [-0.39, 0.29) is 6.04 Å². The van der Waals surface area contributed by atoms with Gasteiger partial charge in [0.15, 0.2) is 5.65 Å². The molecule has 2 aromatic rings. The number of anilines is 1. The molecule has 0 aliphatic rings. The van der Waals surface area contributed by atoms with E-state index < -0.39 is 0 Å². The van der Waals surface area contributed by atoms with Gasteiger partial charge in [0.1, 0.15) is 0 Å². The first kappa shape index (κ1) is 13.8. The minimum Gasteiger partial charge on any atom is -0.380 e. The average Bonchev–Trinajstić information content (AvgIpc) is 2.78. The van der Waals surface area contributed by atoms with Crippen LogP contribution in [0.5, 0.6) is 0 Å². The molecule has 1 atom stereocenters. The molecule has 5 heteroatoms. The fourth-order valence-electron chi connectivity index (χ4n) is 1.91. The number of hydrogen-bond donors (Lipinski definition) is 1. The second kappa shape index (κ2) is 6.02. The Morgan fingerprint density at radius 1 is 1.37 bits per heavy atom. The Balaban J connectivity index is 2.17. The normalized spacial score (nSPS) is 13.1. The zero-order valence-electron chi connectivity index (χ0n) is 12.1. The molecule has 0 amide bonds. The van der Waals surface area contributed by atoms with Gasteiger partial charge in [0.2, 0.25) is 5.95 Å². The van der Waals surface area contributed by atoms with E-state index in [2.05, 4.69) is 29.2 Å². The van der Waals surface area contributed by atoms with Gasteiger partial charge in [-0.05, 0) is 31.9 Å². The van der Waals surface area contributed by atoms with Gasteiger partial charge in [0.05, 0.1) is 12.6 Å². The molecular formula is C14H22N4O. The first-order valence-electron chi connectivity index (χ1n) is 6.78. The molecule has 2 heterocycles. The predicted molar refractivity (Wildman–Crippen MR) is 76.5 cm³/mol. The van der Waals surface area contributed by atoms with Gasteiger partial charge in [-0.25, -0.2) is 4.52 Å². The summed E-state index contributed by atoms with van der Waals surface area (Å²) in [6.07, 6.45) is 0. The van der Waals surface area contributed by atoms with Gasteiger partial charge in [-0.1, -0.05) is 19.9 Å². The molecule has 0 aromatic carbocycles. The zero-order chi connectivity index (χ0) is 13.8. The van der Waals surface area contributed by atoms with Gasteiger partial charge < -0.3 is 10.1 Å². The molecule has 0 aliphatic carbocycles. The summed E-state index contributed by atoms with van der Waals surface area (Å²) in [6.45, 7) is 9.75. The number of hydrogen-bond acceptors (Lipinski definition) is 4. The first-order chi connectivity index (χ1) is 9.11. The molecule has 2 aromatic heterocycles. The van der Waals surface area contributed by atoms with E-state index in [0.29, 0.717) is 18.5 Å². The van der Waals surface area contributed by atoms with E-state index in [1.165, 1.54) is 0 Å². The van der Waals surface area contributed by atoms with Crippen LogP contribution in [0, 0.1) is 12.8 Å². The Labute approximate surface area is 114 Å². The Hall–Kier alpha value is -1.62. The summed E-state index contributed by atoms with van der Waals surface area (Å²) in [5.74, 6) is 1.12. The Bertz CT molecular complexity index is 535. The number of aromatic nitrogens is 3. The quantitative estimate of drug-likeness (QED) is 0.869. The lowest BCUT2D eigenvalue weighted by atomic mass is 10.1. The second-order valence-corrected chi connectivity index (χ2v) is 5.03. The molecule has 19 heavy (non-hydrogen) atoms. The number of pyridine rings is 1. The average molecular weight is 262 g/mol. The van der Waals surface area contributed by atoms with Crippen LogP contribution >= 0.6 is 0 Å². The minimum absolute atomic E-state index is 0.220. The molecule has 0 aliphatic heterocycles. The summed E-state index contributed by atoms with van der Waals surface area (Å²) in [4.78, 5) is 4.49. The van der Waals surface area contributed by atoms with Crippen LogP contribution in [0.15, 0.2) is 18.2 Å². The summed E-state index contributed by atoms with van der Waals surface area (Å²) in [5, 5.41) is 7.84. The summed E-state index contributed by atoms with van der Waals surface area (Å²) >= 11 is 0. The van der Waals surface area contributed by atoms with Crippen molar-refractivity contribution in [2.45, 2.75) is 33.7 Å². The molecule has 0 spiro atoms. The van der Waals surface area contributed by atoms with Crippen molar-refractivity contribution in [3.05, 3.63) is 23.9 Å². The largest absolute Gasteiger partial charge is 0.380 e. The van der Waals surface area contributed by atoms with Crippen LogP contribution in [0.1, 0.15) is 26.5 Å². The van der Waals surface area contributed by atoms with Crippen LogP contribution in [-0.4, -0.2) is 33.9 Å². The lowest BCUT2D eigenvalue weighted by molar-refractivity contribution is 0.126. The van der Waals surface area contributed by atoms with Crippen LogP contribution in [0.4, 0.5) is 5.95 Å². The molecule has 5 nitrogen and oxygen atoms in total. The molecule has 0 saturated carbocycles. The van der Waals surface area contributed by atoms with E-state index >= 15 is 0 Å². The van der Waals surface area contributed by atoms with Gasteiger partial charge in [-0.15, -0.1) is 5.10 Å². The highest BCUT2D eigenvalue weighted by atomic mass is 16.5. The number of rotatable bonds is 6. The molecular weight excluding hydrogens is 240 g/mol. The maximum absolute atomic E-state index is 5.50. The minimum atomic E-state index is 0.220. The Morgan fingerprint density at radius 2 is 2.16 bits per heavy atom. The monoisotopic (exact) mass is 262 g/mol. The molecule has 0 bridgehead atoms. The SMILES string of the molecule is CCOCC(Nc1nc2cccc(C)n2n1)C(C)C. The lowest BCUT2D eigenvalue weighted by Crippen LogP contribution is -2.31. The molecule has 0 saturated heterocycles. The molecule has 0 fully saturated rings. The predicted octanol–water partition coefficient (Wildman–Crippen LogP) is 2.51. The van der Waals surface area contributed by atoms with Gasteiger partial charge in [0.25, 0.3) is 0 Å². The number of aryl methyl sites for hydroxylation is 1. The first-order valence-corrected chi connectivity index (χ1v) is 6.78. The molecule has 1 unspecified atom stereocenters.